The van der Waals surface area contributed by atoms with Gasteiger partial charge in [0.1, 0.15) is 0 Å². The standard InChI is InChI=1S/C11H22N2O/c1-9(2)11(14)13(4)8-10-6-5-7-12(10)3/h9-10H,5-8H2,1-4H3. The number of hydrogen-bond donors (Lipinski definition) is 0. The maximum absolute atomic E-state index is 11.6. The van der Waals surface area contributed by atoms with Crippen LogP contribution in [0.3, 0.4) is 0 Å². The monoisotopic (exact) mass is 198 g/mol. The highest BCUT2D eigenvalue weighted by Gasteiger charge is 2.24. The fourth-order valence-electron chi connectivity index (χ4n) is 2.06. The van der Waals surface area contributed by atoms with Crippen LogP contribution >= 0.6 is 0 Å². The van der Waals surface area contributed by atoms with Crippen molar-refractivity contribution in [1.29, 1.82) is 0 Å². The molecule has 1 rings (SSSR count). The predicted octanol–water partition coefficient (Wildman–Crippen LogP) is 1.20. The van der Waals surface area contributed by atoms with Crippen molar-refractivity contribution >= 4 is 5.91 Å². The maximum Gasteiger partial charge on any atom is 0.224 e. The molecule has 3 nitrogen and oxygen atoms in total. The summed E-state index contributed by atoms with van der Waals surface area (Å²) in [6.07, 6.45) is 2.50. The first-order valence-corrected chi connectivity index (χ1v) is 5.47. The van der Waals surface area contributed by atoms with Crippen LogP contribution in [0.4, 0.5) is 0 Å². The Labute approximate surface area is 87.1 Å². The Morgan fingerprint density at radius 1 is 1.57 bits per heavy atom. The van der Waals surface area contributed by atoms with Crippen LogP contribution in [0, 0.1) is 5.92 Å². The lowest BCUT2D eigenvalue weighted by Gasteiger charge is -2.26. The minimum Gasteiger partial charge on any atom is -0.344 e. The van der Waals surface area contributed by atoms with E-state index in [1.54, 1.807) is 0 Å². The van der Waals surface area contributed by atoms with Gasteiger partial charge in [-0.25, -0.2) is 0 Å². The van der Waals surface area contributed by atoms with Crippen molar-refractivity contribution in [2.24, 2.45) is 5.92 Å². The summed E-state index contributed by atoms with van der Waals surface area (Å²) < 4.78 is 0. The van der Waals surface area contributed by atoms with Gasteiger partial charge in [-0.2, -0.15) is 0 Å². The second kappa shape index (κ2) is 4.78. The maximum atomic E-state index is 11.6. The van der Waals surface area contributed by atoms with Gasteiger partial charge in [-0.3, -0.25) is 4.79 Å². The molecule has 0 aliphatic carbocycles. The summed E-state index contributed by atoms with van der Waals surface area (Å²) in [5, 5.41) is 0. The molecule has 1 saturated heterocycles. The van der Waals surface area contributed by atoms with Gasteiger partial charge in [-0.1, -0.05) is 13.8 Å². The Morgan fingerprint density at radius 2 is 2.21 bits per heavy atom. The van der Waals surface area contributed by atoms with Crippen LogP contribution in [-0.2, 0) is 4.79 Å². The molecule has 0 aromatic carbocycles. The molecule has 0 N–H and O–H groups in total. The van der Waals surface area contributed by atoms with Crippen LogP contribution in [0.1, 0.15) is 26.7 Å². The summed E-state index contributed by atoms with van der Waals surface area (Å²) in [5.74, 6) is 0.372. The van der Waals surface area contributed by atoms with Crippen LogP contribution < -0.4 is 0 Å². The van der Waals surface area contributed by atoms with Gasteiger partial charge in [0.25, 0.3) is 0 Å². The van der Waals surface area contributed by atoms with Crippen molar-refractivity contribution in [2.75, 3.05) is 27.2 Å². The molecule has 0 aromatic heterocycles. The summed E-state index contributed by atoms with van der Waals surface area (Å²) in [5.41, 5.74) is 0. The van der Waals surface area contributed by atoms with Gasteiger partial charge in [-0.05, 0) is 26.4 Å². The molecular weight excluding hydrogens is 176 g/mol. The zero-order valence-corrected chi connectivity index (χ0v) is 9.79. The van der Waals surface area contributed by atoms with E-state index in [4.69, 9.17) is 0 Å². The van der Waals surface area contributed by atoms with E-state index in [2.05, 4.69) is 11.9 Å². The zero-order valence-electron chi connectivity index (χ0n) is 9.79. The lowest BCUT2D eigenvalue weighted by atomic mass is 10.1. The SMILES string of the molecule is CC(C)C(=O)N(C)CC1CCCN1C. The summed E-state index contributed by atoms with van der Waals surface area (Å²) in [6, 6.07) is 0.572. The Bertz CT molecular complexity index is 203. The number of likely N-dealkylation sites (tertiary alicyclic amines) is 1. The number of amides is 1. The topological polar surface area (TPSA) is 23.6 Å². The molecule has 1 fully saturated rings. The predicted molar refractivity (Wildman–Crippen MR) is 58.1 cm³/mol. The molecule has 3 heteroatoms. The number of nitrogens with zero attached hydrogens (tertiary/aromatic N) is 2. The van der Waals surface area contributed by atoms with E-state index in [0.717, 1.165) is 6.54 Å². The lowest BCUT2D eigenvalue weighted by Crippen LogP contribution is -2.41. The summed E-state index contributed by atoms with van der Waals surface area (Å²) in [7, 11) is 4.06. The Hall–Kier alpha value is -0.570. The highest BCUT2D eigenvalue weighted by atomic mass is 16.2. The zero-order chi connectivity index (χ0) is 10.7. The third-order valence-electron chi connectivity index (χ3n) is 3.03. The van der Waals surface area contributed by atoms with E-state index in [-0.39, 0.29) is 11.8 Å². The molecule has 14 heavy (non-hydrogen) atoms. The van der Waals surface area contributed by atoms with Gasteiger partial charge < -0.3 is 9.80 Å². The fraction of sp³-hybridized carbons (Fsp3) is 0.909. The quantitative estimate of drug-likeness (QED) is 0.680. The van der Waals surface area contributed by atoms with E-state index in [9.17, 15) is 4.79 Å². The smallest absolute Gasteiger partial charge is 0.224 e. The van der Waals surface area contributed by atoms with Crippen molar-refractivity contribution in [1.82, 2.24) is 9.80 Å². The highest BCUT2D eigenvalue weighted by molar-refractivity contribution is 5.77. The average molecular weight is 198 g/mol. The largest absolute Gasteiger partial charge is 0.344 e. The first kappa shape index (κ1) is 11.5. The Balaban J connectivity index is 2.39. The van der Waals surface area contributed by atoms with Crippen LogP contribution in [0.25, 0.3) is 0 Å². The third kappa shape index (κ3) is 2.71. The van der Waals surface area contributed by atoms with Crippen LogP contribution in [0.15, 0.2) is 0 Å². The van der Waals surface area contributed by atoms with Crippen molar-refractivity contribution in [3.8, 4) is 0 Å². The molecule has 1 amide bonds. The molecule has 1 aliphatic rings. The van der Waals surface area contributed by atoms with E-state index in [0.29, 0.717) is 6.04 Å². The number of rotatable bonds is 3. The van der Waals surface area contributed by atoms with Crippen molar-refractivity contribution in [3.63, 3.8) is 0 Å². The Kier molecular flexibility index (Phi) is 3.93. The van der Waals surface area contributed by atoms with E-state index >= 15 is 0 Å². The van der Waals surface area contributed by atoms with Crippen LogP contribution in [0.5, 0.6) is 0 Å². The summed E-state index contributed by atoms with van der Waals surface area (Å²) in [6.45, 7) is 5.97. The van der Waals surface area contributed by atoms with Gasteiger partial charge >= 0.3 is 0 Å². The number of hydrogen-bond acceptors (Lipinski definition) is 2. The second-order valence-corrected chi connectivity index (χ2v) is 4.65. The number of carbonyl (C=O) groups is 1. The number of carbonyl (C=O) groups excluding carboxylic acids is 1. The van der Waals surface area contributed by atoms with Crippen LogP contribution in [0.2, 0.25) is 0 Å². The third-order valence-corrected chi connectivity index (χ3v) is 3.03. The molecular formula is C11H22N2O. The molecule has 0 aromatic rings. The van der Waals surface area contributed by atoms with E-state index < -0.39 is 0 Å². The van der Waals surface area contributed by atoms with Crippen molar-refractivity contribution < 1.29 is 4.79 Å². The summed E-state index contributed by atoms with van der Waals surface area (Å²) in [4.78, 5) is 15.9. The van der Waals surface area contributed by atoms with Gasteiger partial charge in [-0.15, -0.1) is 0 Å². The molecule has 1 aliphatic heterocycles. The molecule has 1 heterocycles. The Morgan fingerprint density at radius 3 is 2.64 bits per heavy atom. The first-order chi connectivity index (χ1) is 6.52. The molecule has 0 radical (unpaired) electrons. The van der Waals surface area contributed by atoms with Crippen LogP contribution in [-0.4, -0.2) is 48.9 Å². The highest BCUT2D eigenvalue weighted by Crippen LogP contribution is 2.15. The molecule has 0 spiro atoms. The first-order valence-electron chi connectivity index (χ1n) is 5.47. The van der Waals surface area contributed by atoms with Gasteiger partial charge in [0.2, 0.25) is 5.91 Å². The van der Waals surface area contributed by atoms with E-state index in [1.165, 1.54) is 19.4 Å². The minimum atomic E-state index is 0.117. The molecule has 0 bridgehead atoms. The normalized spacial score (nSPS) is 23.1. The van der Waals surface area contributed by atoms with Crippen molar-refractivity contribution in [2.45, 2.75) is 32.7 Å². The fourth-order valence-corrected chi connectivity index (χ4v) is 2.06. The van der Waals surface area contributed by atoms with Gasteiger partial charge in [0.15, 0.2) is 0 Å². The lowest BCUT2D eigenvalue weighted by molar-refractivity contribution is -0.133. The molecule has 1 atom stereocenters. The van der Waals surface area contributed by atoms with Crippen molar-refractivity contribution in [3.05, 3.63) is 0 Å². The molecule has 0 saturated carbocycles. The van der Waals surface area contributed by atoms with Gasteiger partial charge in [0.05, 0.1) is 0 Å². The average Bonchev–Trinajstić information content (AvgIpc) is 2.50. The van der Waals surface area contributed by atoms with Gasteiger partial charge in [0, 0.05) is 25.6 Å². The molecule has 1 unspecified atom stereocenters. The second-order valence-electron chi connectivity index (χ2n) is 4.65. The minimum absolute atomic E-state index is 0.117. The number of likely N-dealkylation sites (N-methyl/N-ethyl adjacent to an activating group) is 2. The molecule has 82 valence electrons. The van der Waals surface area contributed by atoms with E-state index in [1.807, 2.05) is 25.8 Å². The summed E-state index contributed by atoms with van der Waals surface area (Å²) >= 11 is 0.